The zero-order chi connectivity index (χ0) is 38.7. The molecule has 0 atom stereocenters. The van der Waals surface area contributed by atoms with Crippen LogP contribution in [0.3, 0.4) is 0 Å². The van der Waals surface area contributed by atoms with Gasteiger partial charge in [0.1, 0.15) is 29.9 Å². The van der Waals surface area contributed by atoms with Crippen LogP contribution in [0.1, 0.15) is 18.4 Å². The molecule has 290 valence electrons. The van der Waals surface area contributed by atoms with Crippen LogP contribution >= 0.6 is 7.14 Å². The van der Waals surface area contributed by atoms with Crippen LogP contribution in [0.2, 0.25) is 0 Å². The van der Waals surface area contributed by atoms with Gasteiger partial charge in [-0.3, -0.25) is 19.9 Å². The number of halogens is 3. The number of nitrogens with two attached hydrogens (primary N) is 1. The first-order valence-electron chi connectivity index (χ1n) is 17.9. The number of rotatable bonds is 11. The highest BCUT2D eigenvalue weighted by Gasteiger charge is 2.31. The third kappa shape index (κ3) is 8.53. The SMILES string of the molecule is CN=CC(=CN)c1cc(Nc2nc(Nc3ccc4nccnc4c3P(C)(C)=O)c3cc[nH]c3n2)c(OCC(F)(F)F)cc1N1CCC(N2CCOCC2)CC1. The van der Waals surface area contributed by atoms with Crippen molar-refractivity contribution >= 4 is 75.1 Å². The summed E-state index contributed by atoms with van der Waals surface area (Å²) >= 11 is 0. The summed E-state index contributed by atoms with van der Waals surface area (Å²) in [5.74, 6) is 0.361. The topological polar surface area (TPSA) is 172 Å². The summed E-state index contributed by atoms with van der Waals surface area (Å²) in [5, 5.41) is 7.59. The number of piperidine rings is 1. The first kappa shape index (κ1) is 38.0. The molecule has 0 saturated carbocycles. The van der Waals surface area contributed by atoms with Gasteiger partial charge in [-0.05, 0) is 50.4 Å². The summed E-state index contributed by atoms with van der Waals surface area (Å²) in [5.41, 5.74) is 10.2. The Morgan fingerprint density at radius 3 is 2.55 bits per heavy atom. The van der Waals surface area contributed by atoms with Gasteiger partial charge in [0.15, 0.2) is 6.61 Å². The lowest BCUT2D eigenvalue weighted by atomic mass is 9.98. The van der Waals surface area contributed by atoms with E-state index >= 15 is 0 Å². The van der Waals surface area contributed by atoms with Crippen LogP contribution in [0, 0.1) is 0 Å². The van der Waals surface area contributed by atoms with Crippen LogP contribution < -0.4 is 31.3 Å². The van der Waals surface area contributed by atoms with Crippen molar-refractivity contribution in [3.63, 3.8) is 0 Å². The Balaban J connectivity index is 1.28. The van der Waals surface area contributed by atoms with Crippen molar-refractivity contribution in [3.05, 3.63) is 60.7 Å². The minimum atomic E-state index is -4.60. The molecule has 0 aliphatic carbocycles. The van der Waals surface area contributed by atoms with E-state index in [1.165, 1.54) is 6.20 Å². The van der Waals surface area contributed by atoms with Gasteiger partial charge in [-0.2, -0.15) is 23.1 Å². The van der Waals surface area contributed by atoms with Gasteiger partial charge in [0.25, 0.3) is 0 Å². The molecule has 0 bridgehead atoms. The summed E-state index contributed by atoms with van der Waals surface area (Å²) in [6, 6.07) is 9.02. The van der Waals surface area contributed by atoms with Crippen molar-refractivity contribution in [2.24, 2.45) is 10.7 Å². The van der Waals surface area contributed by atoms with Crippen molar-refractivity contribution in [3.8, 4) is 5.75 Å². The number of aliphatic imine (C=N–C) groups is 1. The van der Waals surface area contributed by atoms with Crippen molar-refractivity contribution < 1.29 is 27.2 Å². The second-order valence-electron chi connectivity index (χ2n) is 13.8. The molecule has 2 aromatic carbocycles. The molecule has 14 nitrogen and oxygen atoms in total. The molecule has 0 radical (unpaired) electrons. The van der Waals surface area contributed by atoms with Gasteiger partial charge in [-0.15, -0.1) is 0 Å². The normalized spacial score (nSPS) is 16.7. The molecule has 2 saturated heterocycles. The number of alkyl halides is 3. The molecule has 2 aliphatic rings. The second kappa shape index (κ2) is 15.8. The van der Waals surface area contributed by atoms with E-state index in [1.807, 2.05) is 0 Å². The van der Waals surface area contributed by atoms with E-state index < -0.39 is 19.9 Å². The Kier molecular flexibility index (Phi) is 11.0. The van der Waals surface area contributed by atoms with Gasteiger partial charge in [-0.1, -0.05) is 0 Å². The van der Waals surface area contributed by atoms with E-state index in [0.29, 0.717) is 88.0 Å². The lowest BCUT2D eigenvalue weighted by Crippen LogP contribution is -2.49. The second-order valence-corrected chi connectivity index (χ2v) is 16.9. The highest BCUT2D eigenvalue weighted by atomic mass is 31.2. The number of hydrogen-bond acceptors (Lipinski definition) is 13. The molecule has 2 fully saturated rings. The lowest BCUT2D eigenvalue weighted by molar-refractivity contribution is -0.153. The smallest absolute Gasteiger partial charge is 0.422 e. The highest BCUT2D eigenvalue weighted by molar-refractivity contribution is 7.71. The van der Waals surface area contributed by atoms with E-state index in [0.717, 1.165) is 25.9 Å². The first-order chi connectivity index (χ1) is 26.4. The number of anilines is 5. The maximum atomic E-state index is 13.7. The summed E-state index contributed by atoms with van der Waals surface area (Å²) in [6.45, 7) is 6.31. The van der Waals surface area contributed by atoms with Gasteiger partial charge in [-0.25, -0.2) is 0 Å². The van der Waals surface area contributed by atoms with Gasteiger partial charge < -0.3 is 40.3 Å². The van der Waals surface area contributed by atoms with Gasteiger partial charge in [0, 0.05) is 93.2 Å². The highest BCUT2D eigenvalue weighted by Crippen LogP contribution is 2.42. The Morgan fingerprint density at radius 1 is 1.07 bits per heavy atom. The number of benzene rings is 2. The van der Waals surface area contributed by atoms with E-state index in [9.17, 15) is 17.7 Å². The molecule has 5 N–H and O–H groups in total. The standard InChI is InChI=1S/C37H43F3N11O3P/c1-42-21-23(20-41)26-18-29(31(54-22-37(38,39)40)19-30(26)51-12-7-24(8-13-51)50-14-16-53-17-15-50)47-36-48-34-25(6-9-45-34)35(49-36)46-28-5-4-27-32(44-11-10-43-27)33(28)55(2,3)52/h4-6,9-11,18-21,24H,7-8,12-17,22,41H2,1-3H3,(H3,45,46,47,48,49). The number of nitrogens with one attached hydrogen (secondary N) is 3. The zero-order valence-electron chi connectivity index (χ0n) is 30.7. The zero-order valence-corrected chi connectivity index (χ0v) is 31.6. The summed E-state index contributed by atoms with van der Waals surface area (Å²) in [4.78, 5) is 30.1. The molecular weight excluding hydrogens is 734 g/mol. The number of hydrogen-bond donors (Lipinski definition) is 4. The molecule has 18 heteroatoms. The molecule has 0 unspecified atom stereocenters. The third-order valence-corrected chi connectivity index (χ3v) is 11.2. The number of nitrogens with zero attached hydrogens (tertiary/aromatic N) is 7. The number of morpholine rings is 1. The molecule has 0 amide bonds. The quantitative estimate of drug-likeness (QED) is 0.0929. The van der Waals surface area contributed by atoms with Gasteiger partial charge in [0.05, 0.1) is 40.8 Å². The van der Waals surface area contributed by atoms with Crippen molar-refractivity contribution in [1.82, 2.24) is 29.8 Å². The van der Waals surface area contributed by atoms with E-state index in [2.05, 4.69) is 45.4 Å². The predicted molar refractivity (Wildman–Crippen MR) is 211 cm³/mol. The molecule has 3 aromatic heterocycles. The van der Waals surface area contributed by atoms with Crippen LogP contribution in [0.4, 0.5) is 42.0 Å². The number of allylic oxidation sites excluding steroid dienone is 1. The summed E-state index contributed by atoms with van der Waals surface area (Å²) < 4.78 is 65.7. The molecule has 5 heterocycles. The largest absolute Gasteiger partial charge is 0.482 e. The molecular formula is C37H43F3N11O3P. The fraction of sp³-hybridized carbons (Fsp3) is 0.378. The van der Waals surface area contributed by atoms with Crippen molar-refractivity contribution in [1.29, 1.82) is 0 Å². The van der Waals surface area contributed by atoms with Crippen LogP contribution in [-0.4, -0.2) is 115 Å². The Morgan fingerprint density at radius 2 is 1.84 bits per heavy atom. The molecule has 5 aromatic rings. The fourth-order valence-corrected chi connectivity index (χ4v) is 8.60. The summed E-state index contributed by atoms with van der Waals surface area (Å²) in [7, 11) is -1.29. The van der Waals surface area contributed by atoms with Gasteiger partial charge in [0.2, 0.25) is 5.95 Å². The minimum Gasteiger partial charge on any atom is -0.482 e. The molecule has 55 heavy (non-hydrogen) atoms. The average Bonchev–Trinajstić information content (AvgIpc) is 3.65. The Hall–Kier alpha value is -5.25. The number of aromatic nitrogens is 5. The summed E-state index contributed by atoms with van der Waals surface area (Å²) in [6.07, 6.45) is 4.99. The maximum absolute atomic E-state index is 13.7. The first-order valence-corrected chi connectivity index (χ1v) is 20.5. The number of H-pyrrole nitrogens is 1. The van der Waals surface area contributed by atoms with Crippen LogP contribution in [-0.2, 0) is 9.30 Å². The van der Waals surface area contributed by atoms with E-state index in [1.54, 1.807) is 75.5 Å². The fourth-order valence-electron chi connectivity index (χ4n) is 7.20. The van der Waals surface area contributed by atoms with Gasteiger partial charge >= 0.3 is 6.18 Å². The Bertz CT molecular complexity index is 2280. The van der Waals surface area contributed by atoms with Crippen molar-refractivity contribution in [2.45, 2.75) is 25.1 Å². The minimum absolute atomic E-state index is 0.0471. The number of aromatic amines is 1. The molecule has 2 aliphatic heterocycles. The average molecular weight is 778 g/mol. The van der Waals surface area contributed by atoms with E-state index in [4.69, 9.17) is 20.2 Å². The number of ether oxygens (including phenoxy) is 2. The molecule has 7 rings (SSSR count). The maximum Gasteiger partial charge on any atom is 0.422 e. The Labute approximate surface area is 315 Å². The van der Waals surface area contributed by atoms with Crippen LogP contribution in [0.5, 0.6) is 5.75 Å². The predicted octanol–water partition coefficient (Wildman–Crippen LogP) is 5.88. The number of fused-ring (bicyclic) bond motifs is 2. The monoisotopic (exact) mass is 777 g/mol. The third-order valence-electron chi connectivity index (χ3n) is 9.68. The van der Waals surface area contributed by atoms with Crippen molar-refractivity contribution in [2.75, 3.05) is 81.9 Å². The van der Waals surface area contributed by atoms with Crippen LogP contribution in [0.25, 0.3) is 27.6 Å². The van der Waals surface area contributed by atoms with E-state index in [-0.39, 0.29) is 17.4 Å². The lowest BCUT2D eigenvalue weighted by Gasteiger charge is -2.41. The van der Waals surface area contributed by atoms with Crippen LogP contribution in [0.15, 0.2) is 60.1 Å². The molecule has 0 spiro atoms.